The number of halogens is 4. The Hall–Kier alpha value is -2.25. The van der Waals surface area contributed by atoms with Crippen molar-refractivity contribution in [2.24, 2.45) is 5.84 Å². The molecular formula is C13H9ClF3N3O. The van der Waals surface area contributed by atoms with Gasteiger partial charge in [0.1, 0.15) is 11.5 Å². The molecule has 4 N–H and O–H groups in total. The van der Waals surface area contributed by atoms with Gasteiger partial charge in [0.25, 0.3) is 5.91 Å². The molecule has 1 amide bonds. The lowest BCUT2D eigenvalue weighted by atomic mass is 10.1. The van der Waals surface area contributed by atoms with E-state index < -0.39 is 29.0 Å². The van der Waals surface area contributed by atoms with Gasteiger partial charge in [0.05, 0.1) is 5.69 Å². The highest BCUT2D eigenvalue weighted by atomic mass is 35.5. The van der Waals surface area contributed by atoms with Gasteiger partial charge in [-0.05, 0) is 30.3 Å². The first-order chi connectivity index (χ1) is 9.92. The molecule has 0 aromatic heterocycles. The second-order valence-corrected chi connectivity index (χ2v) is 4.47. The van der Waals surface area contributed by atoms with E-state index >= 15 is 0 Å². The minimum absolute atomic E-state index is 0.154. The van der Waals surface area contributed by atoms with Crippen LogP contribution in [0.3, 0.4) is 0 Å². The standard InChI is InChI=1S/C13H9ClF3N3O/c14-7-1-2-11(8(15)5-7)19-13(21)6-3-9(16)12(20-18)10(17)4-6/h1-5,20H,18H2,(H,19,21). The number of carbonyl (C=O) groups excluding carboxylic acids is 1. The Bertz CT molecular complexity index is 686. The number of nitrogen functional groups attached to an aromatic ring is 1. The van der Waals surface area contributed by atoms with Crippen molar-refractivity contribution in [3.63, 3.8) is 0 Å². The van der Waals surface area contributed by atoms with Crippen molar-refractivity contribution in [1.29, 1.82) is 0 Å². The van der Waals surface area contributed by atoms with Crippen LogP contribution in [0.2, 0.25) is 5.02 Å². The first kappa shape index (κ1) is 15.1. The number of benzene rings is 2. The van der Waals surface area contributed by atoms with Crippen LogP contribution in [0.4, 0.5) is 24.5 Å². The highest BCUT2D eigenvalue weighted by Gasteiger charge is 2.16. The van der Waals surface area contributed by atoms with Crippen molar-refractivity contribution in [2.75, 3.05) is 10.7 Å². The summed E-state index contributed by atoms with van der Waals surface area (Å²) in [5.74, 6) is 1.21. The Balaban J connectivity index is 2.28. The molecule has 4 nitrogen and oxygen atoms in total. The van der Waals surface area contributed by atoms with Gasteiger partial charge in [0.2, 0.25) is 0 Å². The van der Waals surface area contributed by atoms with E-state index in [0.717, 1.165) is 18.2 Å². The molecular weight excluding hydrogens is 307 g/mol. The molecule has 0 aliphatic carbocycles. The van der Waals surface area contributed by atoms with E-state index in [1.165, 1.54) is 12.1 Å². The molecule has 0 heterocycles. The van der Waals surface area contributed by atoms with Gasteiger partial charge in [-0.15, -0.1) is 0 Å². The zero-order valence-corrected chi connectivity index (χ0v) is 11.1. The van der Waals surface area contributed by atoms with Crippen molar-refractivity contribution >= 4 is 28.9 Å². The number of nitrogens with two attached hydrogens (primary N) is 1. The molecule has 110 valence electrons. The summed E-state index contributed by atoms with van der Waals surface area (Å²) in [5.41, 5.74) is 0.791. The van der Waals surface area contributed by atoms with Gasteiger partial charge in [-0.3, -0.25) is 10.6 Å². The van der Waals surface area contributed by atoms with Gasteiger partial charge in [-0.2, -0.15) is 0 Å². The summed E-state index contributed by atoms with van der Waals surface area (Å²) in [4.78, 5) is 11.9. The SMILES string of the molecule is NNc1c(F)cc(C(=O)Nc2ccc(Cl)cc2F)cc1F. The molecule has 0 fully saturated rings. The van der Waals surface area contributed by atoms with Gasteiger partial charge < -0.3 is 10.7 Å². The number of amides is 1. The Morgan fingerprint density at radius 3 is 2.19 bits per heavy atom. The highest BCUT2D eigenvalue weighted by molar-refractivity contribution is 6.30. The lowest BCUT2D eigenvalue weighted by molar-refractivity contribution is 0.102. The number of nitrogens with one attached hydrogen (secondary N) is 2. The first-order valence-electron chi connectivity index (χ1n) is 5.64. The van der Waals surface area contributed by atoms with E-state index in [4.69, 9.17) is 17.4 Å². The molecule has 2 rings (SSSR count). The van der Waals surface area contributed by atoms with Gasteiger partial charge in [-0.1, -0.05) is 11.6 Å². The van der Waals surface area contributed by atoms with E-state index in [2.05, 4.69) is 5.32 Å². The third kappa shape index (κ3) is 3.26. The molecule has 21 heavy (non-hydrogen) atoms. The summed E-state index contributed by atoms with van der Waals surface area (Å²) in [6, 6.07) is 5.16. The first-order valence-corrected chi connectivity index (χ1v) is 6.02. The fraction of sp³-hybridized carbons (Fsp3) is 0. The Morgan fingerprint density at radius 2 is 1.67 bits per heavy atom. The average Bonchev–Trinajstić information content (AvgIpc) is 2.41. The van der Waals surface area contributed by atoms with Crippen LogP contribution in [0, 0.1) is 17.5 Å². The summed E-state index contributed by atoms with van der Waals surface area (Å²) < 4.78 is 40.5. The quantitative estimate of drug-likeness (QED) is 0.601. The van der Waals surface area contributed by atoms with Crippen LogP contribution in [0.25, 0.3) is 0 Å². The maximum Gasteiger partial charge on any atom is 0.255 e. The number of hydrogen-bond acceptors (Lipinski definition) is 3. The summed E-state index contributed by atoms with van der Waals surface area (Å²) in [6.07, 6.45) is 0. The third-order valence-corrected chi connectivity index (χ3v) is 2.86. The number of anilines is 2. The third-order valence-electron chi connectivity index (χ3n) is 2.63. The van der Waals surface area contributed by atoms with Crippen LogP contribution in [0.5, 0.6) is 0 Å². The molecule has 0 aliphatic rings. The van der Waals surface area contributed by atoms with Crippen LogP contribution in [-0.4, -0.2) is 5.91 Å². The smallest absolute Gasteiger partial charge is 0.255 e. The van der Waals surface area contributed by atoms with E-state index in [0.29, 0.717) is 0 Å². The van der Waals surface area contributed by atoms with E-state index in [-0.39, 0.29) is 16.3 Å². The Labute approximate surface area is 122 Å². The molecule has 2 aromatic carbocycles. The minimum atomic E-state index is -1.04. The Morgan fingerprint density at radius 1 is 1.05 bits per heavy atom. The Kier molecular flexibility index (Phi) is 4.35. The van der Waals surface area contributed by atoms with Crippen LogP contribution in [0.1, 0.15) is 10.4 Å². The summed E-state index contributed by atoms with van der Waals surface area (Å²) in [6.45, 7) is 0. The minimum Gasteiger partial charge on any atom is -0.319 e. The maximum absolute atomic E-state index is 13.5. The summed E-state index contributed by atoms with van der Waals surface area (Å²) in [7, 11) is 0. The second-order valence-electron chi connectivity index (χ2n) is 4.04. The zero-order valence-electron chi connectivity index (χ0n) is 10.4. The molecule has 0 saturated heterocycles. The van der Waals surface area contributed by atoms with Crippen molar-refractivity contribution in [3.05, 3.63) is 58.4 Å². The monoisotopic (exact) mass is 315 g/mol. The van der Waals surface area contributed by atoms with Crippen molar-refractivity contribution in [3.8, 4) is 0 Å². The van der Waals surface area contributed by atoms with E-state index in [1.807, 2.05) is 5.43 Å². The van der Waals surface area contributed by atoms with Gasteiger partial charge in [0.15, 0.2) is 11.6 Å². The molecule has 0 aliphatic heterocycles. The molecule has 8 heteroatoms. The average molecular weight is 316 g/mol. The maximum atomic E-state index is 13.5. The van der Waals surface area contributed by atoms with Gasteiger partial charge >= 0.3 is 0 Å². The van der Waals surface area contributed by atoms with E-state index in [9.17, 15) is 18.0 Å². The number of carbonyl (C=O) groups is 1. The van der Waals surface area contributed by atoms with Crippen LogP contribution in [-0.2, 0) is 0 Å². The fourth-order valence-corrected chi connectivity index (χ4v) is 1.79. The van der Waals surface area contributed by atoms with E-state index in [1.54, 1.807) is 0 Å². The fourth-order valence-electron chi connectivity index (χ4n) is 1.63. The molecule has 0 atom stereocenters. The molecule has 0 bridgehead atoms. The number of rotatable bonds is 3. The van der Waals surface area contributed by atoms with Crippen molar-refractivity contribution < 1.29 is 18.0 Å². The number of hydrogen-bond donors (Lipinski definition) is 3. The highest BCUT2D eigenvalue weighted by Crippen LogP contribution is 2.22. The van der Waals surface area contributed by atoms with Crippen LogP contribution < -0.4 is 16.6 Å². The zero-order chi connectivity index (χ0) is 15.6. The predicted molar refractivity (Wildman–Crippen MR) is 73.5 cm³/mol. The lowest BCUT2D eigenvalue weighted by Gasteiger charge is -2.09. The van der Waals surface area contributed by atoms with Crippen LogP contribution >= 0.6 is 11.6 Å². The molecule has 0 saturated carbocycles. The summed E-state index contributed by atoms with van der Waals surface area (Å²) >= 11 is 5.57. The number of hydrazine groups is 1. The van der Waals surface area contributed by atoms with Gasteiger partial charge in [0, 0.05) is 10.6 Å². The van der Waals surface area contributed by atoms with Crippen molar-refractivity contribution in [2.45, 2.75) is 0 Å². The molecule has 2 aromatic rings. The molecule has 0 unspecified atom stereocenters. The summed E-state index contributed by atoms with van der Waals surface area (Å²) in [5, 5.41) is 2.34. The lowest BCUT2D eigenvalue weighted by Crippen LogP contribution is -2.16. The molecule has 0 radical (unpaired) electrons. The largest absolute Gasteiger partial charge is 0.319 e. The normalized spacial score (nSPS) is 10.3. The second kappa shape index (κ2) is 6.02. The topological polar surface area (TPSA) is 67.1 Å². The van der Waals surface area contributed by atoms with Gasteiger partial charge in [-0.25, -0.2) is 13.2 Å². The molecule has 0 spiro atoms. The van der Waals surface area contributed by atoms with Crippen molar-refractivity contribution in [1.82, 2.24) is 0 Å². The predicted octanol–water partition coefficient (Wildman–Crippen LogP) is 3.30. The van der Waals surface area contributed by atoms with Crippen LogP contribution in [0.15, 0.2) is 30.3 Å².